The molecule has 0 aliphatic rings. The van der Waals surface area contributed by atoms with Crippen molar-refractivity contribution >= 4 is 17.9 Å². The van der Waals surface area contributed by atoms with E-state index in [9.17, 15) is 9.90 Å². The van der Waals surface area contributed by atoms with Crippen molar-refractivity contribution in [1.82, 2.24) is 30.7 Å². The molecule has 2 heterocycles. The number of hydrogen-bond acceptors (Lipinski definition) is 11. The number of ether oxygens (including phenoxy) is 2. The maximum absolute atomic E-state index is 12.9. The van der Waals surface area contributed by atoms with Crippen molar-refractivity contribution in [3.63, 3.8) is 0 Å². The number of hydrogen-bond donors (Lipinski definition) is 3. The number of aromatic nitrogens is 5. The molecule has 0 atom stereocenters. The highest BCUT2D eigenvalue weighted by atomic mass is 16.6. The minimum Gasteiger partial charge on any atom is -0.504 e. The molecule has 1 amide bonds. The number of phenols is 1. The topological polar surface area (TPSA) is 176 Å². The lowest BCUT2D eigenvalue weighted by molar-refractivity contribution is 0.0950. The summed E-state index contributed by atoms with van der Waals surface area (Å²) in [5, 5.41) is 28.9. The number of nitrogens with two attached hydrogens (primary N) is 1. The number of carbonyl (C=O) groups excluding carboxylic acids is 1. The number of benzene rings is 2. The van der Waals surface area contributed by atoms with Gasteiger partial charge in [-0.2, -0.15) is 9.78 Å². The van der Waals surface area contributed by atoms with Crippen molar-refractivity contribution in [3.8, 4) is 34.3 Å². The summed E-state index contributed by atoms with van der Waals surface area (Å²) in [7, 11) is 2.95. The number of nitrogen functional groups attached to an aromatic ring is 1. The van der Waals surface area contributed by atoms with Crippen LogP contribution in [0.2, 0.25) is 0 Å². The van der Waals surface area contributed by atoms with Gasteiger partial charge in [0.15, 0.2) is 17.2 Å². The van der Waals surface area contributed by atoms with E-state index in [0.29, 0.717) is 16.9 Å². The smallest absolute Gasteiger partial charge is 0.294 e. The third-order valence-corrected chi connectivity index (χ3v) is 4.51. The van der Waals surface area contributed by atoms with Crippen molar-refractivity contribution in [2.24, 2.45) is 5.10 Å². The van der Waals surface area contributed by atoms with Crippen LogP contribution in [0.4, 0.5) is 5.82 Å². The summed E-state index contributed by atoms with van der Waals surface area (Å²) in [6.45, 7) is 0. The van der Waals surface area contributed by atoms with Gasteiger partial charge in [0.05, 0.1) is 20.4 Å². The number of phenolic OH excluding ortho intramolecular Hbond substituents is 1. The average Bonchev–Trinajstić information content (AvgIpc) is 3.46. The largest absolute Gasteiger partial charge is 0.504 e. The van der Waals surface area contributed by atoms with Gasteiger partial charge in [0.2, 0.25) is 11.6 Å². The molecule has 0 spiro atoms. The lowest BCUT2D eigenvalue weighted by Crippen LogP contribution is -2.19. The Labute approximate surface area is 186 Å². The van der Waals surface area contributed by atoms with Gasteiger partial charge in [-0.05, 0) is 46.2 Å². The van der Waals surface area contributed by atoms with E-state index < -0.39 is 5.91 Å². The van der Waals surface area contributed by atoms with Crippen LogP contribution in [0.15, 0.2) is 52.2 Å². The Balaban J connectivity index is 1.68. The lowest BCUT2D eigenvalue weighted by Gasteiger charge is -2.07. The summed E-state index contributed by atoms with van der Waals surface area (Å²) in [4.78, 5) is 12.9. The molecule has 13 nitrogen and oxygen atoms in total. The molecule has 0 radical (unpaired) electrons. The molecule has 4 rings (SSSR count). The molecule has 0 fully saturated rings. The van der Waals surface area contributed by atoms with Gasteiger partial charge in [-0.15, -0.1) is 5.10 Å². The van der Waals surface area contributed by atoms with E-state index in [1.165, 1.54) is 31.2 Å². The molecule has 13 heteroatoms. The Morgan fingerprint density at radius 1 is 1.21 bits per heavy atom. The predicted molar refractivity (Wildman–Crippen MR) is 115 cm³/mol. The van der Waals surface area contributed by atoms with E-state index in [1.807, 2.05) is 0 Å². The van der Waals surface area contributed by atoms with E-state index in [4.69, 9.17) is 15.2 Å². The Morgan fingerprint density at radius 2 is 2.06 bits per heavy atom. The highest BCUT2D eigenvalue weighted by Crippen LogP contribution is 2.29. The van der Waals surface area contributed by atoms with E-state index in [2.05, 4.69) is 35.8 Å². The van der Waals surface area contributed by atoms with Gasteiger partial charge >= 0.3 is 0 Å². The molecule has 0 saturated carbocycles. The van der Waals surface area contributed by atoms with Gasteiger partial charge in [-0.25, -0.2) is 10.1 Å². The molecule has 0 aliphatic heterocycles. The molecule has 4 aromatic rings. The molecule has 168 valence electrons. The number of rotatable bonds is 7. The Kier molecular flexibility index (Phi) is 5.84. The zero-order valence-corrected chi connectivity index (χ0v) is 17.5. The summed E-state index contributed by atoms with van der Waals surface area (Å²) in [6, 6.07) is 11.5. The predicted octanol–water partition coefficient (Wildman–Crippen LogP) is 1.39. The molecule has 2 aromatic carbocycles. The first-order valence-electron chi connectivity index (χ1n) is 9.40. The number of nitrogens with zero attached hydrogens (tertiary/aromatic N) is 6. The maximum Gasteiger partial charge on any atom is 0.294 e. The fourth-order valence-electron chi connectivity index (χ4n) is 2.94. The summed E-state index contributed by atoms with van der Waals surface area (Å²) in [5.41, 5.74) is 9.57. The third kappa shape index (κ3) is 4.27. The van der Waals surface area contributed by atoms with Crippen molar-refractivity contribution < 1.29 is 24.0 Å². The highest BCUT2D eigenvalue weighted by molar-refractivity contribution is 5.99. The molecular weight excluding hydrogens is 432 g/mol. The molecule has 0 unspecified atom stereocenters. The fourth-order valence-corrected chi connectivity index (χ4v) is 2.94. The van der Waals surface area contributed by atoms with Crippen molar-refractivity contribution in [2.45, 2.75) is 0 Å². The Bertz CT molecular complexity index is 1330. The standard InChI is InChI=1S/C20H18N8O5/c1-31-13-5-3-4-12(9-13)17-16(23-27-28(17)19-18(21)25-33-26-19)20(30)24-22-10-11-6-7-14(29)15(8-11)32-2/h3-10,29H,1-2H3,(H2,21,25)(H,24,30). The number of carbonyl (C=O) groups is 1. The summed E-state index contributed by atoms with van der Waals surface area (Å²) >= 11 is 0. The zero-order chi connectivity index (χ0) is 23.4. The normalized spacial score (nSPS) is 11.0. The van der Waals surface area contributed by atoms with E-state index in [-0.39, 0.29) is 34.5 Å². The van der Waals surface area contributed by atoms with E-state index >= 15 is 0 Å². The van der Waals surface area contributed by atoms with Crippen LogP contribution in [0.5, 0.6) is 17.2 Å². The first-order valence-corrected chi connectivity index (χ1v) is 9.40. The number of hydrazone groups is 1. The summed E-state index contributed by atoms with van der Waals surface area (Å²) in [6.07, 6.45) is 1.38. The minimum atomic E-state index is -0.643. The molecule has 0 bridgehead atoms. The molecule has 0 aliphatic carbocycles. The maximum atomic E-state index is 12.9. The summed E-state index contributed by atoms with van der Waals surface area (Å²) < 4.78 is 16.2. The SMILES string of the molecule is COc1cccc(-c2c(C(=O)NN=Cc3ccc(O)c(OC)c3)nnn2-c2nonc2N)c1. The zero-order valence-electron chi connectivity index (χ0n) is 17.5. The van der Waals surface area contributed by atoms with E-state index in [1.54, 1.807) is 36.4 Å². The number of methoxy groups -OCH3 is 2. The first kappa shape index (κ1) is 21.3. The molecule has 2 aromatic heterocycles. The number of anilines is 1. The summed E-state index contributed by atoms with van der Waals surface area (Å²) in [5.74, 6) is 0.204. The van der Waals surface area contributed by atoms with Crippen LogP contribution in [0.3, 0.4) is 0 Å². The van der Waals surface area contributed by atoms with Crippen LogP contribution >= 0.6 is 0 Å². The number of amides is 1. The number of aromatic hydroxyl groups is 1. The molecule has 33 heavy (non-hydrogen) atoms. The second-order valence-corrected chi connectivity index (χ2v) is 6.53. The van der Waals surface area contributed by atoms with Crippen molar-refractivity contribution in [2.75, 3.05) is 20.0 Å². The Hall–Kier alpha value is -4.94. The van der Waals surface area contributed by atoms with Crippen LogP contribution in [-0.2, 0) is 0 Å². The first-order chi connectivity index (χ1) is 16.0. The molecular formula is C20H18N8O5. The lowest BCUT2D eigenvalue weighted by atomic mass is 10.1. The highest BCUT2D eigenvalue weighted by Gasteiger charge is 2.25. The van der Waals surface area contributed by atoms with Crippen LogP contribution in [0, 0.1) is 0 Å². The minimum absolute atomic E-state index is 0.0140. The monoisotopic (exact) mass is 450 g/mol. The third-order valence-electron chi connectivity index (χ3n) is 4.51. The molecule has 4 N–H and O–H groups in total. The van der Waals surface area contributed by atoms with Crippen LogP contribution in [-0.4, -0.2) is 56.8 Å². The van der Waals surface area contributed by atoms with Gasteiger partial charge < -0.3 is 20.3 Å². The quantitative estimate of drug-likeness (QED) is 0.275. The molecule has 0 saturated heterocycles. The van der Waals surface area contributed by atoms with Crippen LogP contribution < -0.4 is 20.6 Å². The Morgan fingerprint density at radius 3 is 2.79 bits per heavy atom. The van der Waals surface area contributed by atoms with Crippen LogP contribution in [0.1, 0.15) is 16.1 Å². The van der Waals surface area contributed by atoms with E-state index in [0.717, 1.165) is 0 Å². The second-order valence-electron chi connectivity index (χ2n) is 6.53. The average molecular weight is 450 g/mol. The van der Waals surface area contributed by atoms with Gasteiger partial charge in [0.1, 0.15) is 11.4 Å². The van der Waals surface area contributed by atoms with Gasteiger partial charge in [0.25, 0.3) is 5.91 Å². The van der Waals surface area contributed by atoms with Crippen LogP contribution in [0.25, 0.3) is 17.1 Å². The van der Waals surface area contributed by atoms with Gasteiger partial charge in [-0.3, -0.25) is 4.79 Å². The van der Waals surface area contributed by atoms with Gasteiger partial charge in [-0.1, -0.05) is 17.3 Å². The van der Waals surface area contributed by atoms with Crippen molar-refractivity contribution in [3.05, 3.63) is 53.7 Å². The fraction of sp³-hybridized carbons (Fsp3) is 0.100. The van der Waals surface area contributed by atoms with Gasteiger partial charge in [0, 0.05) is 5.56 Å². The second kappa shape index (κ2) is 9.05. The van der Waals surface area contributed by atoms with Crippen molar-refractivity contribution in [1.29, 1.82) is 0 Å². The number of nitrogens with one attached hydrogen (secondary N) is 1.